The van der Waals surface area contributed by atoms with Crippen LogP contribution >= 0.6 is 0 Å². The van der Waals surface area contributed by atoms with Crippen LogP contribution < -0.4 is 10.6 Å². The van der Waals surface area contributed by atoms with Gasteiger partial charge in [-0.25, -0.2) is 0 Å². The first-order chi connectivity index (χ1) is 8.29. The third kappa shape index (κ3) is 8.58. The maximum Gasteiger partial charge on any atom is 0.0576 e. The Labute approximate surface area is 107 Å². The second-order valence-corrected chi connectivity index (χ2v) is 5.48. The second kappa shape index (κ2) is 9.86. The molecule has 0 aromatic rings. The van der Waals surface area contributed by atoms with E-state index in [1.165, 1.54) is 32.1 Å². The molecule has 0 saturated carbocycles. The van der Waals surface area contributed by atoms with E-state index in [0.29, 0.717) is 6.10 Å². The molecule has 0 radical (unpaired) electrons. The molecular formula is C14H30N2O. The molecule has 102 valence electrons. The first-order valence-corrected chi connectivity index (χ1v) is 7.32. The molecule has 3 heteroatoms. The highest BCUT2D eigenvalue weighted by atomic mass is 16.5. The van der Waals surface area contributed by atoms with Crippen molar-refractivity contribution in [3.63, 3.8) is 0 Å². The molecule has 0 aromatic carbocycles. The molecule has 1 fully saturated rings. The van der Waals surface area contributed by atoms with Crippen LogP contribution in [0.3, 0.4) is 0 Å². The van der Waals surface area contributed by atoms with Crippen molar-refractivity contribution in [1.29, 1.82) is 0 Å². The van der Waals surface area contributed by atoms with E-state index < -0.39 is 0 Å². The lowest BCUT2D eigenvalue weighted by molar-refractivity contribution is 0.102. The number of ether oxygens (including phenoxy) is 1. The van der Waals surface area contributed by atoms with E-state index in [2.05, 4.69) is 24.5 Å². The van der Waals surface area contributed by atoms with E-state index in [1.807, 2.05) is 0 Å². The number of hydrogen-bond donors (Lipinski definition) is 2. The van der Waals surface area contributed by atoms with Gasteiger partial charge in [0, 0.05) is 6.61 Å². The van der Waals surface area contributed by atoms with Gasteiger partial charge in [-0.05, 0) is 64.2 Å². The van der Waals surface area contributed by atoms with E-state index in [1.54, 1.807) is 0 Å². The summed E-state index contributed by atoms with van der Waals surface area (Å²) in [6, 6.07) is 0. The lowest BCUT2D eigenvalue weighted by atomic mass is 10.1. The van der Waals surface area contributed by atoms with Gasteiger partial charge in [-0.3, -0.25) is 0 Å². The van der Waals surface area contributed by atoms with Crippen molar-refractivity contribution in [1.82, 2.24) is 10.6 Å². The van der Waals surface area contributed by atoms with Crippen LogP contribution in [0.5, 0.6) is 0 Å². The van der Waals surface area contributed by atoms with E-state index in [9.17, 15) is 0 Å². The molecule has 1 heterocycles. The van der Waals surface area contributed by atoms with Crippen molar-refractivity contribution < 1.29 is 4.74 Å². The van der Waals surface area contributed by atoms with Crippen LogP contribution in [0.1, 0.15) is 46.0 Å². The summed E-state index contributed by atoms with van der Waals surface area (Å²) in [5, 5.41) is 6.96. The van der Waals surface area contributed by atoms with Crippen molar-refractivity contribution in [2.24, 2.45) is 5.92 Å². The van der Waals surface area contributed by atoms with Crippen molar-refractivity contribution in [3.05, 3.63) is 0 Å². The molecule has 3 nitrogen and oxygen atoms in total. The molecule has 0 spiro atoms. The zero-order chi connectivity index (χ0) is 12.3. The molecule has 1 unspecified atom stereocenters. The van der Waals surface area contributed by atoms with Crippen LogP contribution in [0.4, 0.5) is 0 Å². The van der Waals surface area contributed by atoms with Gasteiger partial charge >= 0.3 is 0 Å². The highest BCUT2D eigenvalue weighted by Crippen LogP contribution is 2.16. The van der Waals surface area contributed by atoms with Gasteiger partial charge in [-0.2, -0.15) is 0 Å². The smallest absolute Gasteiger partial charge is 0.0576 e. The Morgan fingerprint density at radius 2 is 1.88 bits per heavy atom. The van der Waals surface area contributed by atoms with Crippen LogP contribution in [0.25, 0.3) is 0 Å². The second-order valence-electron chi connectivity index (χ2n) is 5.48. The maximum absolute atomic E-state index is 5.60. The first-order valence-electron chi connectivity index (χ1n) is 7.32. The molecule has 2 N–H and O–H groups in total. The maximum atomic E-state index is 5.60. The zero-order valence-corrected chi connectivity index (χ0v) is 11.6. The minimum absolute atomic E-state index is 0.560. The SMILES string of the molecule is CC(C)CNCCCNCCCC1CCCO1. The van der Waals surface area contributed by atoms with Gasteiger partial charge in [-0.15, -0.1) is 0 Å². The van der Waals surface area contributed by atoms with E-state index in [0.717, 1.165) is 38.7 Å². The standard InChI is InChI=1S/C14H30N2O/c1-13(2)12-16-10-5-9-15-8-3-6-14-7-4-11-17-14/h13-16H,3-12H2,1-2H3. The fraction of sp³-hybridized carbons (Fsp3) is 1.00. The molecule has 1 atom stereocenters. The molecular weight excluding hydrogens is 212 g/mol. The molecule has 0 amide bonds. The average molecular weight is 242 g/mol. The van der Waals surface area contributed by atoms with Gasteiger partial charge in [-0.1, -0.05) is 13.8 Å². The third-order valence-electron chi connectivity index (χ3n) is 3.16. The van der Waals surface area contributed by atoms with Crippen LogP contribution in [0.2, 0.25) is 0 Å². The summed E-state index contributed by atoms with van der Waals surface area (Å²) in [6.07, 6.45) is 6.82. The molecule has 0 bridgehead atoms. The summed E-state index contributed by atoms with van der Waals surface area (Å²) < 4.78 is 5.60. The zero-order valence-electron chi connectivity index (χ0n) is 11.6. The summed E-state index contributed by atoms with van der Waals surface area (Å²) >= 11 is 0. The summed E-state index contributed by atoms with van der Waals surface area (Å²) in [6.45, 7) is 10.0. The fourth-order valence-electron chi connectivity index (χ4n) is 2.18. The summed E-state index contributed by atoms with van der Waals surface area (Å²) in [7, 11) is 0. The van der Waals surface area contributed by atoms with Crippen LogP contribution in [0, 0.1) is 5.92 Å². The Morgan fingerprint density at radius 3 is 2.59 bits per heavy atom. The van der Waals surface area contributed by atoms with Crippen LogP contribution in [0.15, 0.2) is 0 Å². The van der Waals surface area contributed by atoms with Gasteiger partial charge in [0.05, 0.1) is 6.10 Å². The van der Waals surface area contributed by atoms with Gasteiger partial charge in [0.25, 0.3) is 0 Å². The van der Waals surface area contributed by atoms with Crippen LogP contribution in [-0.2, 0) is 4.74 Å². The highest BCUT2D eigenvalue weighted by molar-refractivity contribution is 4.65. The number of rotatable bonds is 10. The Balaban J connectivity index is 1.72. The third-order valence-corrected chi connectivity index (χ3v) is 3.16. The molecule has 1 aliphatic rings. The predicted molar refractivity (Wildman–Crippen MR) is 73.4 cm³/mol. The summed E-state index contributed by atoms with van der Waals surface area (Å²) in [4.78, 5) is 0. The lowest BCUT2D eigenvalue weighted by Gasteiger charge is -2.10. The van der Waals surface area contributed by atoms with E-state index >= 15 is 0 Å². The Morgan fingerprint density at radius 1 is 1.12 bits per heavy atom. The number of nitrogens with one attached hydrogen (secondary N) is 2. The monoisotopic (exact) mass is 242 g/mol. The Kier molecular flexibility index (Phi) is 8.67. The van der Waals surface area contributed by atoms with Gasteiger partial charge in [0.2, 0.25) is 0 Å². The Hall–Kier alpha value is -0.120. The quantitative estimate of drug-likeness (QED) is 0.576. The van der Waals surface area contributed by atoms with Crippen molar-refractivity contribution in [2.75, 3.05) is 32.8 Å². The van der Waals surface area contributed by atoms with Crippen molar-refractivity contribution in [3.8, 4) is 0 Å². The van der Waals surface area contributed by atoms with Gasteiger partial charge in [0.15, 0.2) is 0 Å². The lowest BCUT2D eigenvalue weighted by Crippen LogP contribution is -2.25. The van der Waals surface area contributed by atoms with Crippen molar-refractivity contribution in [2.45, 2.75) is 52.1 Å². The topological polar surface area (TPSA) is 33.3 Å². The van der Waals surface area contributed by atoms with Crippen molar-refractivity contribution >= 4 is 0 Å². The first kappa shape index (κ1) is 14.9. The average Bonchev–Trinajstić information content (AvgIpc) is 2.79. The normalized spacial score (nSPS) is 20.3. The summed E-state index contributed by atoms with van der Waals surface area (Å²) in [5.41, 5.74) is 0. The van der Waals surface area contributed by atoms with E-state index in [4.69, 9.17) is 4.74 Å². The molecule has 1 rings (SSSR count). The Bertz CT molecular complexity index is 168. The van der Waals surface area contributed by atoms with E-state index in [-0.39, 0.29) is 0 Å². The largest absolute Gasteiger partial charge is 0.378 e. The van der Waals surface area contributed by atoms with Gasteiger partial charge in [0.1, 0.15) is 0 Å². The molecule has 0 aliphatic carbocycles. The molecule has 1 saturated heterocycles. The predicted octanol–water partition coefficient (Wildman–Crippen LogP) is 2.17. The molecule has 0 aromatic heterocycles. The number of hydrogen-bond acceptors (Lipinski definition) is 3. The summed E-state index contributed by atoms with van der Waals surface area (Å²) in [5.74, 6) is 0.759. The minimum Gasteiger partial charge on any atom is -0.378 e. The van der Waals surface area contributed by atoms with Crippen LogP contribution in [-0.4, -0.2) is 38.9 Å². The minimum atomic E-state index is 0.560. The highest BCUT2D eigenvalue weighted by Gasteiger charge is 2.13. The molecule has 1 aliphatic heterocycles. The molecule has 17 heavy (non-hydrogen) atoms. The van der Waals surface area contributed by atoms with Gasteiger partial charge < -0.3 is 15.4 Å². The fourth-order valence-corrected chi connectivity index (χ4v) is 2.18.